The molecule has 132 valence electrons. The molecule has 0 aliphatic heterocycles. The quantitative estimate of drug-likeness (QED) is 0.340. The van der Waals surface area contributed by atoms with Gasteiger partial charge in [-0.1, -0.05) is 68.8 Å². The fourth-order valence-electron chi connectivity index (χ4n) is 2.06. The normalized spacial score (nSPS) is 9.40. The Bertz CT molecular complexity index is 691. The average Bonchev–Trinajstić information content (AvgIpc) is 2.66. The molecule has 2 aromatic carbocycles. The lowest BCUT2D eigenvalue weighted by Gasteiger charge is -2.10. The summed E-state index contributed by atoms with van der Waals surface area (Å²) in [6.07, 6.45) is 3.33. The molecule has 0 heterocycles. The van der Waals surface area contributed by atoms with Crippen LogP contribution in [0.5, 0.6) is 5.75 Å². The second-order valence-electron chi connectivity index (χ2n) is 5.92. The molecule has 0 bridgehead atoms. The minimum atomic E-state index is 0.0108. The predicted molar refractivity (Wildman–Crippen MR) is 105 cm³/mol. The maximum atomic E-state index is 12.5. The maximum Gasteiger partial charge on any atom is 0.196 e. The third kappa shape index (κ3) is 7.69. The maximum absolute atomic E-state index is 12.5. The molecule has 0 radical (unpaired) electrons. The average molecular weight is 336 g/mol. The van der Waals surface area contributed by atoms with Crippen LogP contribution in [0.1, 0.15) is 56.0 Å². The van der Waals surface area contributed by atoms with Crippen LogP contribution in [0, 0.1) is 0 Å². The van der Waals surface area contributed by atoms with Gasteiger partial charge in [0.25, 0.3) is 0 Å². The Labute approximate surface area is 151 Å². The van der Waals surface area contributed by atoms with E-state index in [9.17, 15) is 4.79 Å². The van der Waals surface area contributed by atoms with Crippen molar-refractivity contribution in [1.29, 1.82) is 0 Å². The summed E-state index contributed by atoms with van der Waals surface area (Å²) in [5.41, 5.74) is 5.16. The van der Waals surface area contributed by atoms with E-state index in [0.717, 1.165) is 24.8 Å². The molecule has 2 nitrogen and oxygen atoms in total. The van der Waals surface area contributed by atoms with E-state index in [2.05, 4.69) is 19.2 Å². The first-order chi connectivity index (χ1) is 12.1. The molecule has 0 unspecified atom stereocenters. The van der Waals surface area contributed by atoms with E-state index in [1.807, 2.05) is 68.4 Å². The molecule has 0 saturated heterocycles. The Hall–Kier alpha value is -2.57. The highest BCUT2D eigenvalue weighted by molar-refractivity contribution is 6.10. The van der Waals surface area contributed by atoms with Crippen LogP contribution in [0.25, 0.3) is 0 Å². The molecule has 0 saturated carbocycles. The predicted octanol–water partition coefficient (Wildman–Crippen LogP) is 6.22. The van der Waals surface area contributed by atoms with E-state index in [1.54, 1.807) is 0 Å². The number of carbonyl (C=O) groups excluding carboxylic acids is 1. The zero-order valence-electron chi connectivity index (χ0n) is 15.5. The lowest BCUT2D eigenvalue weighted by Crippen LogP contribution is -2.06. The van der Waals surface area contributed by atoms with Gasteiger partial charge in [0.15, 0.2) is 5.78 Å². The number of carbonyl (C=O) groups is 1. The standard InChI is InChI=1S/C18H20O2.C5H8/c1-2-3-9-14-20-17-13-8-7-12-16(17)18(19)15-10-5-4-6-11-15;1-4-5(2)3/h4-8,10-13H,2-3,9,14H2,1H3;1H2,2-3H3. The Morgan fingerprint density at radius 2 is 1.60 bits per heavy atom. The first kappa shape index (κ1) is 20.5. The lowest BCUT2D eigenvalue weighted by atomic mass is 10.0. The number of benzene rings is 2. The zero-order valence-corrected chi connectivity index (χ0v) is 15.5. The minimum absolute atomic E-state index is 0.0108. The van der Waals surface area contributed by atoms with Gasteiger partial charge in [-0.3, -0.25) is 4.79 Å². The zero-order chi connectivity index (χ0) is 18.5. The fourth-order valence-corrected chi connectivity index (χ4v) is 2.06. The number of hydrogen-bond donors (Lipinski definition) is 0. The van der Waals surface area contributed by atoms with Crippen molar-refractivity contribution < 1.29 is 9.53 Å². The summed E-state index contributed by atoms with van der Waals surface area (Å²) < 4.78 is 5.76. The number of rotatable bonds is 7. The molecule has 0 N–H and O–H groups in total. The van der Waals surface area contributed by atoms with Gasteiger partial charge in [0.2, 0.25) is 0 Å². The van der Waals surface area contributed by atoms with Crippen molar-refractivity contribution in [3.8, 4) is 5.75 Å². The molecule has 0 spiro atoms. The van der Waals surface area contributed by atoms with Crippen LogP contribution in [-0.2, 0) is 0 Å². The molecule has 0 aliphatic rings. The third-order valence-electron chi connectivity index (χ3n) is 3.53. The number of ketones is 1. The number of allylic oxidation sites excluding steroid dienone is 1. The van der Waals surface area contributed by atoms with Gasteiger partial charge >= 0.3 is 0 Å². The van der Waals surface area contributed by atoms with Crippen molar-refractivity contribution in [3.05, 3.63) is 83.6 Å². The molecule has 0 atom stereocenters. The molecular weight excluding hydrogens is 308 g/mol. The van der Waals surface area contributed by atoms with Crippen LogP contribution in [0.15, 0.2) is 72.5 Å². The molecule has 2 rings (SSSR count). The summed E-state index contributed by atoms with van der Waals surface area (Å²) in [5, 5.41) is 0. The first-order valence-corrected chi connectivity index (χ1v) is 8.75. The summed E-state index contributed by atoms with van der Waals surface area (Å²) in [4.78, 5) is 12.5. The van der Waals surface area contributed by atoms with Crippen LogP contribution >= 0.6 is 0 Å². The van der Waals surface area contributed by atoms with Gasteiger partial charge < -0.3 is 4.74 Å². The number of para-hydroxylation sites is 1. The van der Waals surface area contributed by atoms with Crippen molar-refractivity contribution in [2.75, 3.05) is 6.61 Å². The molecule has 0 amide bonds. The van der Waals surface area contributed by atoms with Crippen LogP contribution in [0.4, 0.5) is 0 Å². The highest BCUT2D eigenvalue weighted by Crippen LogP contribution is 2.21. The molecule has 0 fully saturated rings. The largest absolute Gasteiger partial charge is 0.493 e. The lowest BCUT2D eigenvalue weighted by molar-refractivity contribution is 0.103. The molecule has 2 heteroatoms. The van der Waals surface area contributed by atoms with Gasteiger partial charge in [0, 0.05) is 5.56 Å². The van der Waals surface area contributed by atoms with Crippen molar-refractivity contribution >= 4 is 5.78 Å². The smallest absolute Gasteiger partial charge is 0.196 e. The Morgan fingerprint density at radius 1 is 1.00 bits per heavy atom. The fraction of sp³-hybridized carbons (Fsp3) is 0.304. The molecule has 25 heavy (non-hydrogen) atoms. The van der Waals surface area contributed by atoms with E-state index in [4.69, 9.17) is 4.74 Å². The Kier molecular flexibility index (Phi) is 9.74. The van der Waals surface area contributed by atoms with Crippen LogP contribution in [0.2, 0.25) is 0 Å². The van der Waals surface area contributed by atoms with Gasteiger partial charge in [-0.15, -0.1) is 5.73 Å². The molecule has 0 aliphatic carbocycles. The molecular formula is C23H28O2. The van der Waals surface area contributed by atoms with Gasteiger partial charge in [-0.25, -0.2) is 0 Å². The van der Waals surface area contributed by atoms with Crippen LogP contribution < -0.4 is 4.74 Å². The summed E-state index contributed by atoms with van der Waals surface area (Å²) in [6.45, 7) is 10.1. The van der Waals surface area contributed by atoms with Crippen molar-refractivity contribution in [3.63, 3.8) is 0 Å². The van der Waals surface area contributed by atoms with Gasteiger partial charge in [-0.05, 0) is 38.0 Å². The van der Waals surface area contributed by atoms with Crippen molar-refractivity contribution in [2.45, 2.75) is 40.0 Å². The van der Waals surface area contributed by atoms with E-state index >= 15 is 0 Å². The second kappa shape index (κ2) is 11.9. The van der Waals surface area contributed by atoms with Crippen LogP contribution in [0.3, 0.4) is 0 Å². The molecule has 0 aromatic heterocycles. The van der Waals surface area contributed by atoms with Crippen molar-refractivity contribution in [2.24, 2.45) is 0 Å². The topological polar surface area (TPSA) is 26.3 Å². The number of hydrogen-bond acceptors (Lipinski definition) is 2. The Balaban J connectivity index is 0.000000550. The summed E-state index contributed by atoms with van der Waals surface area (Å²) >= 11 is 0. The highest BCUT2D eigenvalue weighted by atomic mass is 16.5. The number of ether oxygens (including phenoxy) is 1. The third-order valence-corrected chi connectivity index (χ3v) is 3.53. The van der Waals surface area contributed by atoms with Gasteiger partial charge in [0.1, 0.15) is 5.75 Å². The summed E-state index contributed by atoms with van der Waals surface area (Å²) in [7, 11) is 0. The highest BCUT2D eigenvalue weighted by Gasteiger charge is 2.13. The van der Waals surface area contributed by atoms with Crippen LogP contribution in [-0.4, -0.2) is 12.4 Å². The monoisotopic (exact) mass is 336 g/mol. The van der Waals surface area contributed by atoms with E-state index < -0.39 is 0 Å². The first-order valence-electron chi connectivity index (χ1n) is 8.75. The minimum Gasteiger partial charge on any atom is -0.493 e. The summed E-state index contributed by atoms with van der Waals surface area (Å²) in [5.74, 6) is 0.689. The Morgan fingerprint density at radius 3 is 2.20 bits per heavy atom. The van der Waals surface area contributed by atoms with E-state index in [1.165, 1.54) is 0 Å². The van der Waals surface area contributed by atoms with Crippen molar-refractivity contribution in [1.82, 2.24) is 0 Å². The summed E-state index contributed by atoms with van der Waals surface area (Å²) in [6, 6.07) is 16.8. The number of unbranched alkanes of at least 4 members (excludes halogenated alkanes) is 2. The van der Waals surface area contributed by atoms with Gasteiger partial charge in [0.05, 0.1) is 12.2 Å². The van der Waals surface area contributed by atoms with E-state index in [-0.39, 0.29) is 5.78 Å². The SMILES string of the molecule is C=C=C(C)C.CCCCCOc1ccccc1C(=O)c1ccccc1. The molecule has 2 aromatic rings. The van der Waals surface area contributed by atoms with Gasteiger partial charge in [-0.2, -0.15) is 0 Å². The van der Waals surface area contributed by atoms with E-state index in [0.29, 0.717) is 23.5 Å². The second-order valence-corrected chi connectivity index (χ2v) is 5.92.